The first-order valence-electron chi connectivity index (χ1n) is 6.53. The highest BCUT2D eigenvalue weighted by atomic mass is 32.1. The summed E-state index contributed by atoms with van der Waals surface area (Å²) >= 11 is 1.82. The molecule has 2 aromatic rings. The minimum Gasteiger partial charge on any atom is -0.495 e. The Morgan fingerprint density at radius 2 is 2.26 bits per heavy atom. The number of hydrogen-bond donors (Lipinski definition) is 1. The van der Waals surface area contributed by atoms with Crippen molar-refractivity contribution in [3.8, 4) is 5.75 Å². The summed E-state index contributed by atoms with van der Waals surface area (Å²) in [6.45, 7) is 0. The van der Waals surface area contributed by atoms with E-state index in [-0.39, 0.29) is 6.04 Å². The zero-order valence-electron chi connectivity index (χ0n) is 11.4. The molecule has 0 fully saturated rings. The zero-order chi connectivity index (χ0) is 13.5. The van der Waals surface area contributed by atoms with Gasteiger partial charge in [-0.25, -0.2) is 0 Å². The number of rotatable bonds is 7. The average Bonchev–Trinajstić information content (AvgIpc) is 2.97. The Bertz CT molecular complexity index is 485. The second-order valence-electron chi connectivity index (χ2n) is 4.40. The highest BCUT2D eigenvalue weighted by Crippen LogP contribution is 2.26. The van der Waals surface area contributed by atoms with Crippen LogP contribution in [-0.2, 0) is 6.42 Å². The van der Waals surface area contributed by atoms with Crippen molar-refractivity contribution >= 4 is 11.3 Å². The molecule has 19 heavy (non-hydrogen) atoms. The quantitative estimate of drug-likeness (QED) is 0.841. The van der Waals surface area contributed by atoms with Crippen LogP contribution < -0.4 is 10.1 Å². The van der Waals surface area contributed by atoms with Crippen LogP contribution in [0.3, 0.4) is 0 Å². The molecule has 0 amide bonds. The van der Waals surface area contributed by atoms with Crippen LogP contribution in [0.25, 0.3) is 0 Å². The largest absolute Gasteiger partial charge is 0.495 e. The smallest absolute Gasteiger partial charge is 0.141 e. The van der Waals surface area contributed by atoms with E-state index in [0.717, 1.165) is 30.7 Å². The highest BCUT2D eigenvalue weighted by molar-refractivity contribution is 7.09. The Labute approximate surface area is 118 Å². The maximum atomic E-state index is 5.38. The molecule has 1 N–H and O–H groups in total. The molecule has 0 aliphatic heterocycles. The number of thiophene rings is 1. The normalized spacial score (nSPS) is 12.3. The van der Waals surface area contributed by atoms with E-state index < -0.39 is 0 Å². The summed E-state index contributed by atoms with van der Waals surface area (Å²) in [6.07, 6.45) is 5.15. The Balaban J connectivity index is 1.95. The molecule has 4 heteroatoms. The van der Waals surface area contributed by atoms with Crippen LogP contribution in [0.4, 0.5) is 0 Å². The molecule has 0 saturated heterocycles. The molecule has 2 rings (SSSR count). The first-order valence-corrected chi connectivity index (χ1v) is 7.41. The van der Waals surface area contributed by atoms with E-state index in [1.54, 1.807) is 7.11 Å². The summed E-state index contributed by atoms with van der Waals surface area (Å²) in [7, 11) is 3.67. The van der Waals surface area contributed by atoms with E-state index in [0.29, 0.717) is 0 Å². The second kappa shape index (κ2) is 7.26. The fourth-order valence-corrected chi connectivity index (χ4v) is 2.94. The van der Waals surface area contributed by atoms with Crippen molar-refractivity contribution in [2.75, 3.05) is 14.2 Å². The van der Waals surface area contributed by atoms with Crippen LogP contribution >= 0.6 is 11.3 Å². The number of aryl methyl sites for hydroxylation is 1. The van der Waals surface area contributed by atoms with E-state index in [2.05, 4.69) is 27.8 Å². The van der Waals surface area contributed by atoms with Gasteiger partial charge in [0, 0.05) is 11.1 Å². The van der Waals surface area contributed by atoms with Crippen LogP contribution in [0.5, 0.6) is 5.75 Å². The Kier molecular flexibility index (Phi) is 5.36. The van der Waals surface area contributed by atoms with Crippen molar-refractivity contribution in [3.63, 3.8) is 0 Å². The van der Waals surface area contributed by atoms with Gasteiger partial charge >= 0.3 is 0 Å². The molecule has 0 spiro atoms. The van der Waals surface area contributed by atoms with Gasteiger partial charge in [-0.15, -0.1) is 11.3 Å². The minimum atomic E-state index is 0.246. The van der Waals surface area contributed by atoms with E-state index in [9.17, 15) is 0 Å². The number of pyridine rings is 1. The Hall–Kier alpha value is -1.39. The molecule has 0 aliphatic carbocycles. The lowest BCUT2D eigenvalue weighted by Gasteiger charge is -2.17. The summed E-state index contributed by atoms with van der Waals surface area (Å²) in [5.41, 5.74) is 0.999. The molecule has 0 aliphatic rings. The molecule has 3 nitrogen and oxygen atoms in total. The van der Waals surface area contributed by atoms with Gasteiger partial charge in [0.05, 0.1) is 18.8 Å². The van der Waals surface area contributed by atoms with Crippen LogP contribution in [0.1, 0.15) is 29.5 Å². The topological polar surface area (TPSA) is 34.2 Å². The van der Waals surface area contributed by atoms with Crippen molar-refractivity contribution in [1.29, 1.82) is 0 Å². The van der Waals surface area contributed by atoms with E-state index >= 15 is 0 Å². The lowest BCUT2D eigenvalue weighted by Crippen LogP contribution is -2.18. The number of nitrogens with zero attached hydrogens (tertiary/aromatic N) is 1. The number of hydrogen-bond acceptors (Lipinski definition) is 4. The summed E-state index contributed by atoms with van der Waals surface area (Å²) in [4.78, 5) is 5.90. The first kappa shape index (κ1) is 14.0. The molecule has 1 atom stereocenters. The summed E-state index contributed by atoms with van der Waals surface area (Å²) < 4.78 is 5.38. The molecule has 1 unspecified atom stereocenters. The van der Waals surface area contributed by atoms with Gasteiger partial charge < -0.3 is 10.1 Å². The van der Waals surface area contributed by atoms with Gasteiger partial charge in [0.2, 0.25) is 0 Å². The number of aromatic nitrogens is 1. The van der Waals surface area contributed by atoms with Crippen molar-refractivity contribution < 1.29 is 4.74 Å². The van der Waals surface area contributed by atoms with Gasteiger partial charge in [0.1, 0.15) is 5.75 Å². The van der Waals surface area contributed by atoms with Gasteiger partial charge in [-0.05, 0) is 49.9 Å². The molecule has 0 radical (unpaired) electrons. The van der Waals surface area contributed by atoms with Crippen molar-refractivity contribution in [2.45, 2.75) is 25.3 Å². The Morgan fingerprint density at radius 3 is 2.95 bits per heavy atom. The van der Waals surface area contributed by atoms with E-state index in [4.69, 9.17) is 4.74 Å². The van der Waals surface area contributed by atoms with Crippen molar-refractivity contribution in [3.05, 3.63) is 46.4 Å². The second-order valence-corrected chi connectivity index (χ2v) is 5.44. The number of nitrogens with one attached hydrogen (secondary N) is 1. The van der Waals surface area contributed by atoms with Gasteiger partial charge in [0.25, 0.3) is 0 Å². The molecule has 2 aromatic heterocycles. The van der Waals surface area contributed by atoms with Crippen LogP contribution in [0.2, 0.25) is 0 Å². The van der Waals surface area contributed by atoms with Gasteiger partial charge in [-0.2, -0.15) is 0 Å². The zero-order valence-corrected chi connectivity index (χ0v) is 12.2. The van der Waals surface area contributed by atoms with Crippen LogP contribution in [-0.4, -0.2) is 19.1 Å². The third kappa shape index (κ3) is 3.78. The molecular weight excluding hydrogens is 256 g/mol. The standard InChI is InChI=1S/C15H20N2OS/c1-16-13(8-3-6-12-7-5-11-19-12)15-14(18-2)9-4-10-17-15/h4-5,7,9-11,13,16H,3,6,8H2,1-2H3. The van der Waals surface area contributed by atoms with Crippen molar-refractivity contribution in [1.82, 2.24) is 10.3 Å². The summed E-state index contributed by atoms with van der Waals surface area (Å²) in [6, 6.07) is 8.42. The lowest BCUT2D eigenvalue weighted by molar-refractivity contribution is 0.392. The Morgan fingerprint density at radius 1 is 1.37 bits per heavy atom. The lowest BCUT2D eigenvalue weighted by atomic mass is 10.0. The number of methoxy groups -OCH3 is 1. The molecule has 0 aromatic carbocycles. The molecule has 0 bridgehead atoms. The van der Waals surface area contributed by atoms with E-state index in [1.807, 2.05) is 36.7 Å². The average molecular weight is 276 g/mol. The maximum Gasteiger partial charge on any atom is 0.141 e. The highest BCUT2D eigenvalue weighted by Gasteiger charge is 2.15. The van der Waals surface area contributed by atoms with Crippen molar-refractivity contribution in [2.24, 2.45) is 0 Å². The molecular formula is C15H20N2OS. The predicted molar refractivity (Wildman–Crippen MR) is 79.8 cm³/mol. The fraction of sp³-hybridized carbons (Fsp3) is 0.400. The number of ether oxygens (including phenoxy) is 1. The van der Waals surface area contributed by atoms with Gasteiger partial charge in [0.15, 0.2) is 0 Å². The summed E-state index contributed by atoms with van der Waals surface area (Å²) in [5.74, 6) is 0.859. The van der Waals surface area contributed by atoms with E-state index in [1.165, 1.54) is 4.88 Å². The third-order valence-electron chi connectivity index (χ3n) is 3.19. The molecule has 2 heterocycles. The van der Waals surface area contributed by atoms with Crippen LogP contribution in [0, 0.1) is 0 Å². The first-order chi connectivity index (χ1) is 9.35. The van der Waals surface area contributed by atoms with Crippen LogP contribution in [0.15, 0.2) is 35.8 Å². The summed E-state index contributed by atoms with van der Waals surface area (Å²) in [5, 5.41) is 5.47. The molecule has 102 valence electrons. The minimum absolute atomic E-state index is 0.246. The SMILES string of the molecule is CNC(CCCc1cccs1)c1ncccc1OC. The predicted octanol–water partition coefficient (Wildman–Crippen LogP) is 3.44. The van der Waals surface area contributed by atoms with Gasteiger partial charge in [-0.3, -0.25) is 4.98 Å². The van der Waals surface area contributed by atoms with Gasteiger partial charge in [-0.1, -0.05) is 6.07 Å². The maximum absolute atomic E-state index is 5.38. The fourth-order valence-electron chi connectivity index (χ4n) is 2.19. The third-order valence-corrected chi connectivity index (χ3v) is 4.13. The monoisotopic (exact) mass is 276 g/mol. The molecule has 0 saturated carbocycles.